The molecule has 1 fully saturated rings. The first-order valence-electron chi connectivity index (χ1n) is 7.62. The van der Waals surface area contributed by atoms with Crippen LogP contribution < -0.4 is 5.32 Å². The van der Waals surface area contributed by atoms with Crippen molar-refractivity contribution in [2.75, 3.05) is 13.1 Å². The van der Waals surface area contributed by atoms with E-state index in [1.807, 2.05) is 17.7 Å². The van der Waals surface area contributed by atoms with E-state index >= 15 is 0 Å². The predicted molar refractivity (Wildman–Crippen MR) is 91.6 cm³/mol. The number of aromatic nitrogens is 1. The Hall–Kier alpha value is -1.73. The van der Waals surface area contributed by atoms with Crippen LogP contribution in [0.4, 0.5) is 0 Å². The molecule has 0 bridgehead atoms. The second-order valence-electron chi connectivity index (χ2n) is 5.70. The van der Waals surface area contributed by atoms with Crippen LogP contribution >= 0.6 is 22.7 Å². The van der Waals surface area contributed by atoms with Gasteiger partial charge in [-0.25, -0.2) is 4.98 Å². The van der Waals surface area contributed by atoms with Gasteiger partial charge in [-0.05, 0) is 35.7 Å². The molecule has 0 aliphatic carbocycles. The Morgan fingerprint density at radius 2 is 2.35 bits per heavy atom. The van der Waals surface area contributed by atoms with Crippen LogP contribution in [0, 0.1) is 6.92 Å². The number of amides is 2. The number of carbonyl (C=O) groups is 2. The number of thiophene rings is 1. The first-order valence-corrected chi connectivity index (χ1v) is 9.44. The molecule has 0 saturated carbocycles. The summed E-state index contributed by atoms with van der Waals surface area (Å²) in [7, 11) is 0. The highest BCUT2D eigenvalue weighted by Gasteiger charge is 2.24. The van der Waals surface area contributed by atoms with Gasteiger partial charge in [0, 0.05) is 30.5 Å². The van der Waals surface area contributed by atoms with Crippen molar-refractivity contribution in [1.82, 2.24) is 15.2 Å². The topological polar surface area (TPSA) is 62.3 Å². The van der Waals surface area contributed by atoms with Crippen LogP contribution in [-0.2, 0) is 16.0 Å². The van der Waals surface area contributed by atoms with Gasteiger partial charge in [-0.3, -0.25) is 9.59 Å². The lowest BCUT2D eigenvalue weighted by Gasteiger charge is -2.19. The van der Waals surface area contributed by atoms with Crippen molar-refractivity contribution in [1.29, 1.82) is 0 Å². The molecule has 1 N–H and O–H groups in total. The summed E-state index contributed by atoms with van der Waals surface area (Å²) >= 11 is 3.21. The number of thiazole rings is 1. The Balaban J connectivity index is 1.67. The van der Waals surface area contributed by atoms with Crippen molar-refractivity contribution in [3.05, 3.63) is 38.5 Å². The molecule has 0 aromatic carbocycles. The second kappa shape index (κ2) is 7.23. The number of hydrogen-bond donors (Lipinski definition) is 1. The monoisotopic (exact) mass is 349 g/mol. The van der Waals surface area contributed by atoms with Crippen molar-refractivity contribution in [2.45, 2.75) is 32.2 Å². The molecule has 2 amide bonds. The molecule has 3 rings (SSSR count). The van der Waals surface area contributed by atoms with E-state index in [1.54, 1.807) is 27.6 Å². The lowest BCUT2D eigenvalue weighted by atomic mass is 10.1. The third-order valence-electron chi connectivity index (χ3n) is 3.80. The maximum atomic E-state index is 12.3. The van der Waals surface area contributed by atoms with Crippen LogP contribution in [0.3, 0.4) is 0 Å². The molecule has 1 unspecified atom stereocenters. The van der Waals surface area contributed by atoms with Gasteiger partial charge in [0.05, 0.1) is 12.6 Å². The highest BCUT2D eigenvalue weighted by molar-refractivity contribution is 7.09. The molecular formula is C16H19N3O2S2. The largest absolute Gasteiger partial charge is 0.345 e. The van der Waals surface area contributed by atoms with E-state index in [0.29, 0.717) is 13.0 Å². The summed E-state index contributed by atoms with van der Waals surface area (Å²) < 4.78 is 0. The van der Waals surface area contributed by atoms with Crippen molar-refractivity contribution < 1.29 is 9.59 Å². The molecule has 2 aromatic heterocycles. The molecule has 1 atom stereocenters. The first-order chi connectivity index (χ1) is 11.1. The average molecular weight is 349 g/mol. The van der Waals surface area contributed by atoms with Gasteiger partial charge in [-0.15, -0.1) is 11.3 Å². The van der Waals surface area contributed by atoms with Gasteiger partial charge in [0.2, 0.25) is 11.8 Å². The molecule has 23 heavy (non-hydrogen) atoms. The van der Waals surface area contributed by atoms with Crippen molar-refractivity contribution in [2.24, 2.45) is 0 Å². The van der Waals surface area contributed by atoms with Gasteiger partial charge < -0.3 is 10.2 Å². The molecular weight excluding hydrogens is 330 g/mol. The van der Waals surface area contributed by atoms with Crippen LogP contribution in [0.2, 0.25) is 0 Å². The van der Waals surface area contributed by atoms with E-state index in [9.17, 15) is 9.59 Å². The Kier molecular flexibility index (Phi) is 5.07. The number of likely N-dealkylation sites (tertiary alicyclic amines) is 1. The van der Waals surface area contributed by atoms with Crippen molar-refractivity contribution in [3.63, 3.8) is 0 Å². The minimum atomic E-state index is -0.145. The molecule has 3 heterocycles. The molecule has 1 aliphatic heterocycles. The lowest BCUT2D eigenvalue weighted by molar-refractivity contribution is -0.133. The van der Waals surface area contributed by atoms with Gasteiger partial charge in [0.25, 0.3) is 0 Å². The van der Waals surface area contributed by atoms with E-state index in [0.717, 1.165) is 23.5 Å². The number of rotatable bonds is 6. The minimum Gasteiger partial charge on any atom is -0.345 e. The van der Waals surface area contributed by atoms with E-state index < -0.39 is 0 Å². The first kappa shape index (κ1) is 16.1. The third-order valence-corrected chi connectivity index (χ3v) is 5.60. The Morgan fingerprint density at radius 3 is 2.96 bits per heavy atom. The molecule has 0 spiro atoms. The summed E-state index contributed by atoms with van der Waals surface area (Å²) in [6, 6.07) is 1.92. The highest BCUT2D eigenvalue weighted by Crippen LogP contribution is 2.23. The van der Waals surface area contributed by atoms with Gasteiger partial charge in [-0.2, -0.15) is 11.3 Å². The average Bonchev–Trinajstić information content (AvgIpc) is 3.23. The summed E-state index contributed by atoms with van der Waals surface area (Å²) in [5.41, 5.74) is 2.15. The normalized spacial score (nSPS) is 15.9. The standard InChI is InChI=1S/C16H19N3O2S2/c1-11-9-23-16(17-11)13(7-12-4-6-22-10-12)18-14(20)8-19-5-2-3-15(19)21/h4,6,9-10,13H,2-3,5,7-8H2,1H3,(H,18,20). The van der Waals surface area contributed by atoms with Gasteiger partial charge in [-0.1, -0.05) is 0 Å². The third kappa shape index (κ3) is 4.17. The molecule has 0 radical (unpaired) electrons. The number of nitrogens with one attached hydrogen (secondary N) is 1. The number of hydrogen-bond acceptors (Lipinski definition) is 5. The summed E-state index contributed by atoms with van der Waals surface area (Å²) in [4.78, 5) is 30.1. The van der Waals surface area contributed by atoms with E-state index in [-0.39, 0.29) is 24.4 Å². The fourth-order valence-electron chi connectivity index (χ4n) is 2.66. The minimum absolute atomic E-state index is 0.0691. The number of carbonyl (C=O) groups excluding carboxylic acids is 2. The number of nitrogens with zero attached hydrogens (tertiary/aromatic N) is 2. The molecule has 7 heteroatoms. The zero-order valence-electron chi connectivity index (χ0n) is 12.9. The fourth-order valence-corrected chi connectivity index (χ4v) is 4.19. The molecule has 1 aliphatic rings. The molecule has 1 saturated heterocycles. The fraction of sp³-hybridized carbons (Fsp3) is 0.438. The Labute approximate surface area is 143 Å². The van der Waals surface area contributed by atoms with E-state index in [1.165, 1.54) is 5.56 Å². The zero-order chi connectivity index (χ0) is 16.2. The van der Waals surface area contributed by atoms with Crippen LogP contribution in [-0.4, -0.2) is 34.8 Å². The smallest absolute Gasteiger partial charge is 0.240 e. The van der Waals surface area contributed by atoms with Crippen LogP contribution in [0.1, 0.15) is 35.1 Å². The van der Waals surface area contributed by atoms with E-state index in [4.69, 9.17) is 0 Å². The van der Waals surface area contributed by atoms with Crippen LogP contribution in [0.15, 0.2) is 22.2 Å². The highest BCUT2D eigenvalue weighted by atomic mass is 32.1. The maximum absolute atomic E-state index is 12.3. The van der Waals surface area contributed by atoms with Crippen molar-refractivity contribution >= 4 is 34.5 Å². The van der Waals surface area contributed by atoms with Gasteiger partial charge in [0.15, 0.2) is 0 Å². The lowest BCUT2D eigenvalue weighted by Crippen LogP contribution is -2.39. The van der Waals surface area contributed by atoms with Crippen LogP contribution in [0.25, 0.3) is 0 Å². The maximum Gasteiger partial charge on any atom is 0.240 e. The van der Waals surface area contributed by atoms with Crippen molar-refractivity contribution in [3.8, 4) is 0 Å². The summed E-state index contributed by atoms with van der Waals surface area (Å²) in [6.07, 6.45) is 2.11. The predicted octanol–water partition coefficient (Wildman–Crippen LogP) is 2.54. The molecule has 122 valence electrons. The van der Waals surface area contributed by atoms with E-state index in [2.05, 4.69) is 21.7 Å². The van der Waals surface area contributed by atoms with Gasteiger partial charge in [0.1, 0.15) is 5.01 Å². The summed E-state index contributed by atoms with van der Waals surface area (Å²) in [6.45, 7) is 2.77. The Morgan fingerprint density at radius 1 is 1.48 bits per heavy atom. The van der Waals surface area contributed by atoms with Gasteiger partial charge >= 0.3 is 0 Å². The Bertz CT molecular complexity index is 681. The second-order valence-corrected chi connectivity index (χ2v) is 7.37. The SMILES string of the molecule is Cc1csc(C(Cc2ccsc2)NC(=O)CN2CCCC2=O)n1. The van der Waals surface area contributed by atoms with Crippen LogP contribution in [0.5, 0.6) is 0 Å². The zero-order valence-corrected chi connectivity index (χ0v) is 14.6. The number of aryl methyl sites for hydroxylation is 1. The summed E-state index contributed by atoms with van der Waals surface area (Å²) in [5.74, 6) is -0.0482. The molecule has 5 nitrogen and oxygen atoms in total. The quantitative estimate of drug-likeness (QED) is 0.872. The summed E-state index contributed by atoms with van der Waals surface area (Å²) in [5, 5.41) is 10.1. The molecule has 2 aromatic rings.